The highest BCUT2D eigenvalue weighted by molar-refractivity contribution is 7.89. The fraction of sp³-hybridized carbons (Fsp3) is 0.333. The molecule has 21 heavy (non-hydrogen) atoms. The summed E-state index contributed by atoms with van der Waals surface area (Å²) in [5.41, 5.74) is 7.84. The Labute approximate surface area is 130 Å². The van der Waals surface area contributed by atoms with E-state index in [0.717, 1.165) is 10.4 Å². The van der Waals surface area contributed by atoms with Gasteiger partial charge >= 0.3 is 0 Å². The third kappa shape index (κ3) is 3.45. The molecule has 1 atom stereocenters. The normalized spacial score (nSPS) is 13.3. The van der Waals surface area contributed by atoms with Gasteiger partial charge < -0.3 is 5.73 Å². The lowest BCUT2D eigenvalue weighted by molar-refractivity contribution is 0.566. The summed E-state index contributed by atoms with van der Waals surface area (Å²) >= 11 is 1.67. The number of thiophene rings is 1. The maximum absolute atomic E-state index is 12.5. The lowest BCUT2D eigenvalue weighted by atomic mass is 10.1. The van der Waals surface area contributed by atoms with E-state index in [9.17, 15) is 8.42 Å². The van der Waals surface area contributed by atoms with Crippen molar-refractivity contribution in [3.8, 4) is 0 Å². The summed E-state index contributed by atoms with van der Waals surface area (Å²) in [6, 6.07) is 6.66. The van der Waals surface area contributed by atoms with Gasteiger partial charge in [-0.05, 0) is 57.0 Å². The molecule has 0 aliphatic rings. The van der Waals surface area contributed by atoms with Gasteiger partial charge in [0.1, 0.15) is 0 Å². The molecule has 1 unspecified atom stereocenters. The number of benzene rings is 1. The van der Waals surface area contributed by atoms with Crippen molar-refractivity contribution in [3.63, 3.8) is 0 Å². The van der Waals surface area contributed by atoms with E-state index < -0.39 is 10.0 Å². The molecule has 0 saturated carbocycles. The van der Waals surface area contributed by atoms with E-state index in [4.69, 9.17) is 5.73 Å². The van der Waals surface area contributed by atoms with Gasteiger partial charge in [0.05, 0.1) is 4.90 Å². The van der Waals surface area contributed by atoms with Gasteiger partial charge in [0, 0.05) is 21.5 Å². The van der Waals surface area contributed by atoms with Crippen LogP contribution in [0.15, 0.2) is 29.2 Å². The summed E-state index contributed by atoms with van der Waals surface area (Å²) in [4.78, 5) is 2.54. The minimum absolute atomic E-state index is 0.235. The van der Waals surface area contributed by atoms with Crippen molar-refractivity contribution < 1.29 is 8.42 Å². The Morgan fingerprint density at radius 3 is 2.43 bits per heavy atom. The average molecular weight is 324 g/mol. The Morgan fingerprint density at radius 1 is 1.19 bits per heavy atom. The number of nitrogens with one attached hydrogen (secondary N) is 1. The Hall–Kier alpha value is -1.37. The molecule has 0 radical (unpaired) electrons. The van der Waals surface area contributed by atoms with E-state index in [0.29, 0.717) is 11.3 Å². The van der Waals surface area contributed by atoms with Crippen molar-refractivity contribution in [2.45, 2.75) is 38.6 Å². The lowest BCUT2D eigenvalue weighted by Crippen LogP contribution is -2.27. The van der Waals surface area contributed by atoms with Gasteiger partial charge in [-0.25, -0.2) is 13.1 Å². The quantitative estimate of drug-likeness (QED) is 0.848. The van der Waals surface area contributed by atoms with Crippen LogP contribution in [-0.4, -0.2) is 8.42 Å². The van der Waals surface area contributed by atoms with Gasteiger partial charge in [0.2, 0.25) is 10.0 Å². The van der Waals surface area contributed by atoms with Crippen LogP contribution in [0.1, 0.15) is 33.8 Å². The van der Waals surface area contributed by atoms with Crippen LogP contribution in [0.2, 0.25) is 0 Å². The van der Waals surface area contributed by atoms with Crippen molar-refractivity contribution in [2.75, 3.05) is 5.73 Å². The molecule has 1 aromatic carbocycles. The van der Waals surface area contributed by atoms with Gasteiger partial charge in [-0.15, -0.1) is 11.3 Å². The van der Waals surface area contributed by atoms with Crippen molar-refractivity contribution in [1.82, 2.24) is 4.72 Å². The van der Waals surface area contributed by atoms with Gasteiger partial charge in [-0.3, -0.25) is 0 Å². The second-order valence-corrected chi connectivity index (χ2v) is 8.38. The molecule has 0 spiro atoms. The first kappa shape index (κ1) is 16.0. The number of sulfonamides is 1. The molecule has 2 rings (SSSR count). The van der Waals surface area contributed by atoms with Crippen LogP contribution in [0.5, 0.6) is 0 Å². The highest BCUT2D eigenvalue weighted by Crippen LogP contribution is 2.28. The number of hydrogen-bond donors (Lipinski definition) is 2. The SMILES string of the molecule is Cc1cc(C(C)NS(=O)(=O)c2cc(N)ccc2C)c(C)s1. The number of hydrogen-bond acceptors (Lipinski definition) is 4. The number of rotatable bonds is 4. The van der Waals surface area contributed by atoms with E-state index in [2.05, 4.69) is 4.72 Å². The molecule has 114 valence electrons. The lowest BCUT2D eigenvalue weighted by Gasteiger charge is -2.16. The molecule has 0 aliphatic carbocycles. The molecular formula is C15H20N2O2S2. The highest BCUT2D eigenvalue weighted by atomic mass is 32.2. The fourth-order valence-corrected chi connectivity index (χ4v) is 4.87. The molecule has 2 aromatic rings. The van der Waals surface area contributed by atoms with Crippen LogP contribution in [-0.2, 0) is 10.0 Å². The second kappa shape index (κ2) is 5.79. The summed E-state index contributed by atoms with van der Waals surface area (Å²) in [5, 5.41) is 0. The van der Waals surface area contributed by atoms with Crippen LogP contribution in [0.3, 0.4) is 0 Å². The van der Waals surface area contributed by atoms with E-state index in [1.807, 2.05) is 26.8 Å². The standard InChI is InChI=1S/C15H20N2O2S2/c1-9-5-6-13(16)8-15(9)21(18,19)17-11(3)14-7-10(2)20-12(14)4/h5-8,11,17H,16H2,1-4H3. The zero-order chi connectivity index (χ0) is 15.8. The predicted molar refractivity (Wildman–Crippen MR) is 88.1 cm³/mol. The Bertz CT molecular complexity index is 764. The number of anilines is 1. The van der Waals surface area contributed by atoms with Crippen molar-refractivity contribution >= 4 is 27.0 Å². The Morgan fingerprint density at radius 2 is 1.86 bits per heavy atom. The zero-order valence-corrected chi connectivity index (χ0v) is 14.2. The molecule has 1 heterocycles. The van der Waals surface area contributed by atoms with Gasteiger partial charge in [0.25, 0.3) is 0 Å². The summed E-state index contributed by atoms with van der Waals surface area (Å²) in [6.07, 6.45) is 0. The largest absolute Gasteiger partial charge is 0.399 e. The van der Waals surface area contributed by atoms with E-state index in [-0.39, 0.29) is 10.9 Å². The van der Waals surface area contributed by atoms with Crippen LogP contribution < -0.4 is 10.5 Å². The molecule has 0 amide bonds. The zero-order valence-electron chi connectivity index (χ0n) is 12.6. The van der Waals surface area contributed by atoms with Crippen molar-refractivity contribution in [3.05, 3.63) is 45.1 Å². The van der Waals surface area contributed by atoms with Crippen LogP contribution in [0, 0.1) is 20.8 Å². The number of aryl methyl sites for hydroxylation is 3. The first-order valence-electron chi connectivity index (χ1n) is 6.66. The minimum atomic E-state index is -3.59. The maximum Gasteiger partial charge on any atom is 0.241 e. The first-order chi connectivity index (χ1) is 9.70. The average Bonchev–Trinajstić information content (AvgIpc) is 2.71. The molecule has 0 bridgehead atoms. The molecule has 1 aromatic heterocycles. The first-order valence-corrected chi connectivity index (χ1v) is 8.96. The third-order valence-corrected chi connectivity index (χ3v) is 6.04. The van der Waals surface area contributed by atoms with Crippen molar-refractivity contribution in [1.29, 1.82) is 0 Å². The number of nitrogens with two attached hydrogens (primary N) is 1. The summed E-state index contributed by atoms with van der Waals surface area (Å²) in [5.74, 6) is 0. The monoisotopic (exact) mass is 324 g/mol. The van der Waals surface area contributed by atoms with Crippen LogP contribution in [0.25, 0.3) is 0 Å². The Balaban J connectivity index is 2.33. The molecule has 0 fully saturated rings. The summed E-state index contributed by atoms with van der Waals surface area (Å²) in [6.45, 7) is 7.64. The third-order valence-electron chi connectivity index (χ3n) is 3.38. The van der Waals surface area contributed by atoms with E-state index in [1.165, 1.54) is 10.9 Å². The highest BCUT2D eigenvalue weighted by Gasteiger charge is 2.22. The molecular weight excluding hydrogens is 304 g/mol. The summed E-state index contributed by atoms with van der Waals surface area (Å²) < 4.78 is 27.8. The van der Waals surface area contributed by atoms with Gasteiger partial charge in [-0.1, -0.05) is 6.07 Å². The van der Waals surface area contributed by atoms with Crippen molar-refractivity contribution in [2.24, 2.45) is 0 Å². The van der Waals surface area contributed by atoms with Gasteiger partial charge in [-0.2, -0.15) is 0 Å². The molecule has 0 saturated heterocycles. The predicted octanol–water partition coefficient (Wildman–Crippen LogP) is 3.30. The second-order valence-electron chi connectivity index (χ2n) is 5.24. The molecule has 6 heteroatoms. The van der Waals surface area contributed by atoms with Crippen LogP contribution in [0.4, 0.5) is 5.69 Å². The molecule has 0 aliphatic heterocycles. The minimum Gasteiger partial charge on any atom is -0.399 e. The maximum atomic E-state index is 12.5. The number of nitrogen functional groups attached to an aromatic ring is 1. The van der Waals surface area contributed by atoms with E-state index >= 15 is 0 Å². The van der Waals surface area contributed by atoms with Crippen LogP contribution >= 0.6 is 11.3 Å². The fourth-order valence-electron chi connectivity index (χ4n) is 2.35. The van der Waals surface area contributed by atoms with Gasteiger partial charge in [0.15, 0.2) is 0 Å². The topological polar surface area (TPSA) is 72.2 Å². The molecule has 3 N–H and O–H groups in total. The molecule has 4 nitrogen and oxygen atoms in total. The van der Waals surface area contributed by atoms with E-state index in [1.54, 1.807) is 30.4 Å². The summed E-state index contributed by atoms with van der Waals surface area (Å²) in [7, 11) is -3.59. The Kier molecular flexibility index (Phi) is 4.41. The smallest absolute Gasteiger partial charge is 0.241 e.